The molecule has 0 bridgehead atoms. The highest BCUT2D eigenvalue weighted by Crippen LogP contribution is 2.06. The third kappa shape index (κ3) is 1.70. The minimum absolute atomic E-state index is 0.610. The van der Waals surface area contributed by atoms with Crippen LogP contribution < -0.4 is 0 Å². The van der Waals surface area contributed by atoms with E-state index in [0.29, 0.717) is 11.3 Å². The predicted octanol–water partition coefficient (Wildman–Crippen LogP) is 1.55. The topological polar surface area (TPSA) is 43.6 Å². The Labute approximate surface area is 81.4 Å². The number of hydrogen-bond acceptors (Lipinski definition) is 4. The summed E-state index contributed by atoms with van der Waals surface area (Å²) >= 11 is 4.79. The van der Waals surface area contributed by atoms with Crippen LogP contribution >= 0.6 is 27.3 Å². The van der Waals surface area contributed by atoms with Gasteiger partial charge in [0, 0.05) is 11.6 Å². The van der Waals surface area contributed by atoms with Gasteiger partial charge in [-0.05, 0) is 15.9 Å². The maximum Gasteiger partial charge on any atom is 0.217 e. The van der Waals surface area contributed by atoms with Crippen molar-refractivity contribution in [3.63, 3.8) is 0 Å². The lowest BCUT2D eigenvalue weighted by molar-refractivity contribution is 0.677. The maximum atomic E-state index is 4.14. The summed E-state index contributed by atoms with van der Waals surface area (Å²) < 4.78 is 2.35. The SMILES string of the molecule is Brc1ncn(Cc2nccs2)n1. The van der Waals surface area contributed by atoms with Gasteiger partial charge in [-0.3, -0.25) is 0 Å². The first-order chi connectivity index (χ1) is 5.84. The van der Waals surface area contributed by atoms with Crippen molar-refractivity contribution in [2.45, 2.75) is 6.54 Å². The van der Waals surface area contributed by atoms with Crippen LogP contribution in [0.5, 0.6) is 0 Å². The Morgan fingerprint density at radius 1 is 1.50 bits per heavy atom. The van der Waals surface area contributed by atoms with Crippen molar-refractivity contribution in [3.05, 3.63) is 27.6 Å². The largest absolute Gasteiger partial charge is 0.248 e. The van der Waals surface area contributed by atoms with Crippen LogP contribution in [-0.4, -0.2) is 19.7 Å². The van der Waals surface area contributed by atoms with E-state index in [-0.39, 0.29) is 0 Å². The van der Waals surface area contributed by atoms with Crippen LogP contribution in [0, 0.1) is 0 Å². The molecule has 0 unspecified atom stereocenters. The van der Waals surface area contributed by atoms with Gasteiger partial charge in [0.25, 0.3) is 0 Å². The summed E-state index contributed by atoms with van der Waals surface area (Å²) in [6, 6.07) is 0. The molecular weight excluding hydrogens is 240 g/mol. The van der Waals surface area contributed by atoms with Crippen LogP contribution in [0.1, 0.15) is 5.01 Å². The first-order valence-electron chi connectivity index (χ1n) is 3.28. The molecule has 0 saturated heterocycles. The summed E-state index contributed by atoms with van der Waals surface area (Å²) in [5, 5.41) is 7.05. The van der Waals surface area contributed by atoms with Gasteiger partial charge in [-0.2, -0.15) is 0 Å². The predicted molar refractivity (Wildman–Crippen MR) is 48.9 cm³/mol. The lowest BCUT2D eigenvalue weighted by Gasteiger charge is -1.93. The van der Waals surface area contributed by atoms with Crippen molar-refractivity contribution in [2.24, 2.45) is 0 Å². The smallest absolute Gasteiger partial charge is 0.217 e. The van der Waals surface area contributed by atoms with Crippen LogP contribution in [0.2, 0.25) is 0 Å². The van der Waals surface area contributed by atoms with Crippen LogP contribution in [0.4, 0.5) is 0 Å². The molecule has 6 heteroatoms. The lowest BCUT2D eigenvalue weighted by Crippen LogP contribution is -1.98. The van der Waals surface area contributed by atoms with Crippen molar-refractivity contribution < 1.29 is 0 Å². The van der Waals surface area contributed by atoms with E-state index in [1.165, 1.54) is 0 Å². The Bertz CT molecular complexity index is 355. The zero-order chi connectivity index (χ0) is 8.39. The quantitative estimate of drug-likeness (QED) is 0.806. The molecule has 0 spiro atoms. The van der Waals surface area contributed by atoms with Gasteiger partial charge in [-0.15, -0.1) is 16.4 Å². The molecule has 0 fully saturated rings. The van der Waals surface area contributed by atoms with E-state index >= 15 is 0 Å². The second kappa shape index (κ2) is 3.32. The monoisotopic (exact) mass is 244 g/mol. The van der Waals surface area contributed by atoms with E-state index in [9.17, 15) is 0 Å². The van der Waals surface area contributed by atoms with E-state index < -0.39 is 0 Å². The Balaban J connectivity index is 2.14. The molecule has 4 nitrogen and oxygen atoms in total. The Kier molecular flexibility index (Phi) is 2.18. The van der Waals surface area contributed by atoms with Crippen molar-refractivity contribution in [3.8, 4) is 0 Å². The summed E-state index contributed by atoms with van der Waals surface area (Å²) in [4.78, 5) is 8.08. The van der Waals surface area contributed by atoms with Crippen molar-refractivity contribution in [1.29, 1.82) is 0 Å². The number of nitrogens with zero attached hydrogens (tertiary/aromatic N) is 4. The average Bonchev–Trinajstić information content (AvgIpc) is 2.63. The molecule has 0 aliphatic heterocycles. The van der Waals surface area contributed by atoms with Crippen molar-refractivity contribution in [2.75, 3.05) is 0 Å². The molecule has 2 rings (SSSR count). The molecule has 0 aromatic carbocycles. The Hall–Kier alpha value is -0.750. The Morgan fingerprint density at radius 2 is 2.42 bits per heavy atom. The van der Waals surface area contributed by atoms with E-state index in [4.69, 9.17) is 0 Å². The number of aromatic nitrogens is 4. The highest BCUT2D eigenvalue weighted by atomic mass is 79.9. The van der Waals surface area contributed by atoms with Gasteiger partial charge in [0.2, 0.25) is 4.73 Å². The highest BCUT2D eigenvalue weighted by Gasteiger charge is 1.99. The van der Waals surface area contributed by atoms with Gasteiger partial charge in [0.05, 0.1) is 6.54 Å². The highest BCUT2D eigenvalue weighted by molar-refractivity contribution is 9.10. The summed E-state index contributed by atoms with van der Waals surface area (Å²) in [5.41, 5.74) is 0. The minimum atomic E-state index is 0.610. The summed E-state index contributed by atoms with van der Waals surface area (Å²) in [5.74, 6) is 0. The molecule has 0 saturated carbocycles. The molecule has 2 heterocycles. The first kappa shape index (κ1) is 7.88. The summed E-state index contributed by atoms with van der Waals surface area (Å²) in [6.07, 6.45) is 3.46. The molecule has 62 valence electrons. The first-order valence-corrected chi connectivity index (χ1v) is 4.95. The molecule has 0 amide bonds. The van der Waals surface area contributed by atoms with Gasteiger partial charge >= 0.3 is 0 Å². The van der Waals surface area contributed by atoms with Crippen LogP contribution in [0.3, 0.4) is 0 Å². The van der Waals surface area contributed by atoms with Crippen LogP contribution in [0.15, 0.2) is 22.6 Å². The fourth-order valence-corrected chi connectivity index (χ4v) is 1.72. The third-order valence-corrected chi connectivity index (χ3v) is 2.42. The molecule has 2 aromatic rings. The van der Waals surface area contributed by atoms with Gasteiger partial charge in [-0.1, -0.05) is 0 Å². The van der Waals surface area contributed by atoms with Gasteiger partial charge in [-0.25, -0.2) is 14.6 Å². The fraction of sp³-hybridized carbons (Fsp3) is 0.167. The van der Waals surface area contributed by atoms with Gasteiger partial charge in [0.1, 0.15) is 11.3 Å². The van der Waals surface area contributed by atoms with E-state index in [0.717, 1.165) is 5.01 Å². The molecule has 0 aliphatic carbocycles. The van der Waals surface area contributed by atoms with Gasteiger partial charge in [0.15, 0.2) is 0 Å². The lowest BCUT2D eigenvalue weighted by atomic mass is 10.7. The van der Waals surface area contributed by atoms with Crippen molar-refractivity contribution in [1.82, 2.24) is 19.7 Å². The Morgan fingerprint density at radius 3 is 3.00 bits per heavy atom. The summed E-state index contributed by atoms with van der Waals surface area (Å²) in [6.45, 7) is 0.691. The second-order valence-electron chi connectivity index (χ2n) is 2.14. The third-order valence-electron chi connectivity index (χ3n) is 1.29. The normalized spacial score (nSPS) is 10.4. The average molecular weight is 245 g/mol. The van der Waals surface area contributed by atoms with E-state index in [1.807, 2.05) is 5.38 Å². The zero-order valence-electron chi connectivity index (χ0n) is 6.01. The van der Waals surface area contributed by atoms with Crippen LogP contribution in [0.25, 0.3) is 0 Å². The van der Waals surface area contributed by atoms with Crippen molar-refractivity contribution >= 4 is 27.3 Å². The second-order valence-corrected chi connectivity index (χ2v) is 3.83. The molecule has 0 radical (unpaired) electrons. The van der Waals surface area contributed by atoms with Crippen LogP contribution in [-0.2, 0) is 6.54 Å². The van der Waals surface area contributed by atoms with E-state index in [1.54, 1.807) is 28.5 Å². The van der Waals surface area contributed by atoms with Gasteiger partial charge < -0.3 is 0 Å². The number of thiazole rings is 1. The minimum Gasteiger partial charge on any atom is -0.248 e. The zero-order valence-corrected chi connectivity index (χ0v) is 8.42. The molecule has 0 aliphatic rings. The molecule has 12 heavy (non-hydrogen) atoms. The molecule has 0 atom stereocenters. The number of hydrogen-bond donors (Lipinski definition) is 0. The standard InChI is InChI=1S/C6H5BrN4S/c7-6-9-4-11(10-6)3-5-8-1-2-12-5/h1-2,4H,3H2. The molecule has 2 aromatic heterocycles. The fourth-order valence-electron chi connectivity index (χ4n) is 0.818. The number of rotatable bonds is 2. The number of halogens is 1. The summed E-state index contributed by atoms with van der Waals surface area (Å²) in [7, 11) is 0. The van der Waals surface area contributed by atoms with E-state index in [2.05, 4.69) is 31.0 Å². The maximum absolute atomic E-state index is 4.14. The molecular formula is C6H5BrN4S. The molecule has 0 N–H and O–H groups in total.